The van der Waals surface area contributed by atoms with Gasteiger partial charge in [-0.25, -0.2) is 9.97 Å². The summed E-state index contributed by atoms with van der Waals surface area (Å²) in [5.74, 6) is 0.193. The number of fused-ring (bicyclic) bond motifs is 1. The summed E-state index contributed by atoms with van der Waals surface area (Å²) in [6, 6.07) is 8.06. The Bertz CT molecular complexity index is 1120. The van der Waals surface area contributed by atoms with Gasteiger partial charge in [-0.1, -0.05) is 44.9 Å². The largest absolute Gasteiger partial charge is 0.344 e. The average molecular weight is 401 g/mol. The standard InChI is InChI=1S/C25H28N4O/c1-17(25(2)11-4-3-5-12-25)20-15-26-24-23(20)28-21(16-27-24)18-8-6-9-19(14-18)29-13-7-10-22(29)30/h6,8-9,14-16H,1,3-5,7,10-13H2,2H3,(H,26,27). The minimum atomic E-state index is 0.126. The molecule has 154 valence electrons. The van der Waals surface area contributed by atoms with Crippen molar-refractivity contribution in [3.63, 3.8) is 0 Å². The van der Waals surface area contributed by atoms with Crippen molar-refractivity contribution in [1.82, 2.24) is 15.0 Å². The van der Waals surface area contributed by atoms with E-state index in [1.54, 1.807) is 6.20 Å². The van der Waals surface area contributed by atoms with E-state index >= 15 is 0 Å². The van der Waals surface area contributed by atoms with Gasteiger partial charge in [0, 0.05) is 36.0 Å². The van der Waals surface area contributed by atoms with Crippen molar-refractivity contribution >= 4 is 28.3 Å². The molecule has 1 aromatic carbocycles. The molecule has 5 nitrogen and oxygen atoms in total. The monoisotopic (exact) mass is 400 g/mol. The van der Waals surface area contributed by atoms with E-state index in [4.69, 9.17) is 4.98 Å². The average Bonchev–Trinajstić information content (AvgIpc) is 3.39. The van der Waals surface area contributed by atoms with Gasteiger partial charge in [-0.15, -0.1) is 0 Å². The Kier molecular flexibility index (Phi) is 4.69. The number of hydrogen-bond acceptors (Lipinski definition) is 3. The number of carbonyl (C=O) groups excluding carboxylic acids is 1. The van der Waals surface area contributed by atoms with Crippen molar-refractivity contribution in [1.29, 1.82) is 0 Å². The van der Waals surface area contributed by atoms with Gasteiger partial charge in [0.05, 0.1) is 11.9 Å². The number of nitrogens with zero attached hydrogens (tertiary/aromatic N) is 3. The summed E-state index contributed by atoms with van der Waals surface area (Å²) in [6.45, 7) is 7.61. The van der Waals surface area contributed by atoms with E-state index in [1.165, 1.54) is 32.1 Å². The molecular formula is C25H28N4O. The molecule has 1 saturated carbocycles. The van der Waals surface area contributed by atoms with Crippen LogP contribution >= 0.6 is 0 Å². The third-order valence-corrected chi connectivity index (χ3v) is 6.92. The van der Waals surface area contributed by atoms with Gasteiger partial charge in [-0.3, -0.25) is 4.79 Å². The molecule has 0 radical (unpaired) electrons. The first-order valence-corrected chi connectivity index (χ1v) is 11.0. The summed E-state index contributed by atoms with van der Waals surface area (Å²) >= 11 is 0. The van der Waals surface area contributed by atoms with Crippen LogP contribution in [0.2, 0.25) is 0 Å². The lowest BCUT2D eigenvalue weighted by molar-refractivity contribution is -0.117. The van der Waals surface area contributed by atoms with Crippen LogP contribution in [-0.2, 0) is 4.79 Å². The van der Waals surface area contributed by atoms with Gasteiger partial charge >= 0.3 is 0 Å². The van der Waals surface area contributed by atoms with Crippen molar-refractivity contribution in [2.45, 2.75) is 51.9 Å². The van der Waals surface area contributed by atoms with Gasteiger partial charge in [0.15, 0.2) is 5.65 Å². The Hall–Kier alpha value is -2.95. The van der Waals surface area contributed by atoms with Crippen molar-refractivity contribution in [2.75, 3.05) is 11.4 Å². The Morgan fingerprint density at radius 1 is 1.20 bits per heavy atom. The number of amides is 1. The molecule has 1 amide bonds. The lowest BCUT2D eigenvalue weighted by Gasteiger charge is -2.35. The number of H-pyrrole nitrogens is 1. The number of aromatic amines is 1. The first-order chi connectivity index (χ1) is 14.5. The molecule has 1 aliphatic carbocycles. The SMILES string of the molecule is C=C(c1c[nH]c2ncc(-c3cccc(N4CCCC4=O)c3)nc12)C1(C)CCCCC1. The third-order valence-electron chi connectivity index (χ3n) is 6.92. The molecule has 0 atom stereocenters. The summed E-state index contributed by atoms with van der Waals surface area (Å²) in [5.41, 5.74) is 6.77. The third kappa shape index (κ3) is 3.22. The summed E-state index contributed by atoms with van der Waals surface area (Å²) in [5, 5.41) is 0. The fourth-order valence-corrected chi connectivity index (χ4v) is 4.97. The molecule has 3 aromatic rings. The molecule has 2 aromatic heterocycles. The normalized spacial score (nSPS) is 18.8. The van der Waals surface area contributed by atoms with E-state index in [9.17, 15) is 4.79 Å². The van der Waals surface area contributed by atoms with Crippen LogP contribution in [0.5, 0.6) is 0 Å². The van der Waals surface area contributed by atoms with Crippen LogP contribution in [0.3, 0.4) is 0 Å². The predicted molar refractivity (Wildman–Crippen MR) is 121 cm³/mol. The number of carbonyl (C=O) groups is 1. The molecule has 1 saturated heterocycles. The molecule has 2 aliphatic rings. The number of hydrogen-bond donors (Lipinski definition) is 1. The summed E-state index contributed by atoms with van der Waals surface area (Å²) in [6.07, 6.45) is 11.6. The summed E-state index contributed by atoms with van der Waals surface area (Å²) in [4.78, 5) is 26.9. The number of nitrogens with one attached hydrogen (secondary N) is 1. The second-order valence-electron chi connectivity index (χ2n) is 8.95. The molecule has 3 heterocycles. The van der Waals surface area contributed by atoms with Crippen LogP contribution in [0.4, 0.5) is 5.69 Å². The number of aromatic nitrogens is 3. The van der Waals surface area contributed by atoms with Crippen LogP contribution < -0.4 is 4.90 Å². The molecule has 0 bridgehead atoms. The minimum Gasteiger partial charge on any atom is -0.344 e. The van der Waals surface area contributed by atoms with Crippen LogP contribution in [0.25, 0.3) is 28.0 Å². The summed E-state index contributed by atoms with van der Waals surface area (Å²) in [7, 11) is 0. The van der Waals surface area contributed by atoms with E-state index in [1.807, 2.05) is 35.4 Å². The lowest BCUT2D eigenvalue weighted by atomic mass is 9.69. The van der Waals surface area contributed by atoms with Gasteiger partial charge in [-0.05, 0) is 42.4 Å². The first-order valence-electron chi connectivity index (χ1n) is 11.0. The fourth-order valence-electron chi connectivity index (χ4n) is 4.97. The maximum atomic E-state index is 12.1. The van der Waals surface area contributed by atoms with Crippen molar-refractivity contribution in [2.24, 2.45) is 5.41 Å². The quantitative estimate of drug-likeness (QED) is 0.608. The number of rotatable bonds is 4. The Balaban J connectivity index is 1.52. The van der Waals surface area contributed by atoms with Crippen LogP contribution in [0, 0.1) is 5.41 Å². The predicted octanol–water partition coefficient (Wildman–Crippen LogP) is 5.74. The highest BCUT2D eigenvalue weighted by Gasteiger charge is 2.32. The maximum absolute atomic E-state index is 12.1. The van der Waals surface area contributed by atoms with Crippen LogP contribution in [-0.4, -0.2) is 27.4 Å². The zero-order valence-electron chi connectivity index (χ0n) is 17.6. The van der Waals surface area contributed by atoms with E-state index in [2.05, 4.69) is 23.5 Å². The van der Waals surface area contributed by atoms with Crippen LogP contribution in [0.15, 0.2) is 43.2 Å². The molecule has 2 fully saturated rings. The van der Waals surface area contributed by atoms with Gasteiger partial charge in [0.25, 0.3) is 0 Å². The maximum Gasteiger partial charge on any atom is 0.227 e. The second-order valence-corrected chi connectivity index (χ2v) is 8.95. The van der Waals surface area contributed by atoms with Crippen LogP contribution in [0.1, 0.15) is 57.4 Å². The van der Waals surface area contributed by atoms with E-state index in [0.717, 1.165) is 52.2 Å². The molecule has 1 aliphatic heterocycles. The van der Waals surface area contributed by atoms with Gasteiger partial charge in [0.1, 0.15) is 5.52 Å². The zero-order chi connectivity index (χ0) is 20.7. The molecule has 0 unspecified atom stereocenters. The smallest absolute Gasteiger partial charge is 0.227 e. The number of benzene rings is 1. The van der Waals surface area contributed by atoms with Gasteiger partial charge in [-0.2, -0.15) is 0 Å². The highest BCUT2D eigenvalue weighted by molar-refractivity contribution is 5.96. The summed E-state index contributed by atoms with van der Waals surface area (Å²) < 4.78 is 0. The first kappa shape index (κ1) is 19.0. The topological polar surface area (TPSA) is 61.9 Å². The highest BCUT2D eigenvalue weighted by Crippen LogP contribution is 2.46. The Labute approximate surface area is 177 Å². The zero-order valence-corrected chi connectivity index (χ0v) is 17.6. The van der Waals surface area contributed by atoms with Crippen molar-refractivity contribution in [3.05, 3.63) is 48.8 Å². The van der Waals surface area contributed by atoms with Gasteiger partial charge < -0.3 is 9.88 Å². The lowest BCUT2D eigenvalue weighted by Crippen LogP contribution is -2.23. The molecule has 5 rings (SSSR count). The molecule has 5 heteroatoms. The molecule has 1 N–H and O–H groups in total. The minimum absolute atomic E-state index is 0.126. The number of allylic oxidation sites excluding steroid dienone is 1. The highest BCUT2D eigenvalue weighted by atomic mass is 16.2. The van der Waals surface area contributed by atoms with Gasteiger partial charge in [0.2, 0.25) is 5.91 Å². The number of anilines is 1. The molecular weight excluding hydrogens is 372 g/mol. The van der Waals surface area contributed by atoms with Crippen molar-refractivity contribution in [3.8, 4) is 11.3 Å². The molecule has 30 heavy (non-hydrogen) atoms. The Morgan fingerprint density at radius 2 is 2.03 bits per heavy atom. The second kappa shape index (κ2) is 7.38. The fraction of sp³-hybridized carbons (Fsp3) is 0.400. The van der Waals surface area contributed by atoms with Crippen molar-refractivity contribution < 1.29 is 4.79 Å². The van der Waals surface area contributed by atoms with E-state index < -0.39 is 0 Å². The van der Waals surface area contributed by atoms with E-state index in [0.29, 0.717) is 6.42 Å². The molecule has 0 spiro atoms. The van der Waals surface area contributed by atoms with E-state index in [-0.39, 0.29) is 11.3 Å². The Morgan fingerprint density at radius 3 is 2.80 bits per heavy atom.